The van der Waals surface area contributed by atoms with Gasteiger partial charge < -0.3 is 5.32 Å². The molecule has 0 radical (unpaired) electrons. The quantitative estimate of drug-likeness (QED) is 0.804. The molecule has 0 unspecified atom stereocenters. The van der Waals surface area contributed by atoms with Gasteiger partial charge in [-0.2, -0.15) is 11.3 Å². The molecule has 0 aliphatic carbocycles. The van der Waals surface area contributed by atoms with Crippen molar-refractivity contribution in [3.63, 3.8) is 0 Å². The summed E-state index contributed by atoms with van der Waals surface area (Å²) in [6, 6.07) is 8.14. The standard InChI is InChI=1S/C16H20N2O3S2/c1-12(2)16(19)18-14-3-5-15(6-4-14)23(20,21)17-9-7-13-8-10-22-11-13/h3-6,8,10-12,17H,7,9H2,1-2H3,(H,18,19). The Kier molecular flexibility index (Phi) is 5.92. The lowest BCUT2D eigenvalue weighted by Crippen LogP contribution is -2.26. The van der Waals surface area contributed by atoms with Crippen molar-refractivity contribution in [1.82, 2.24) is 4.72 Å². The fourth-order valence-corrected chi connectivity index (χ4v) is 3.59. The maximum absolute atomic E-state index is 12.2. The minimum Gasteiger partial charge on any atom is -0.326 e. The predicted molar refractivity (Wildman–Crippen MR) is 93.1 cm³/mol. The number of carbonyl (C=O) groups is 1. The zero-order valence-electron chi connectivity index (χ0n) is 13.1. The molecule has 0 saturated heterocycles. The third kappa shape index (κ3) is 5.16. The second kappa shape index (κ2) is 7.72. The van der Waals surface area contributed by atoms with Crippen molar-refractivity contribution in [2.24, 2.45) is 5.92 Å². The number of hydrogen-bond acceptors (Lipinski definition) is 4. The van der Waals surface area contributed by atoms with Crippen LogP contribution in [0.3, 0.4) is 0 Å². The molecule has 1 aromatic carbocycles. The SMILES string of the molecule is CC(C)C(=O)Nc1ccc(S(=O)(=O)NCCc2ccsc2)cc1. The lowest BCUT2D eigenvalue weighted by Gasteiger charge is -2.09. The van der Waals surface area contributed by atoms with E-state index in [1.807, 2.05) is 16.8 Å². The summed E-state index contributed by atoms with van der Waals surface area (Å²) < 4.78 is 27.0. The molecule has 0 saturated carbocycles. The second-order valence-corrected chi connectivity index (χ2v) is 7.99. The number of hydrogen-bond donors (Lipinski definition) is 2. The van der Waals surface area contributed by atoms with Gasteiger partial charge in [0.15, 0.2) is 0 Å². The van der Waals surface area contributed by atoms with E-state index in [2.05, 4.69) is 10.0 Å². The molecule has 0 fully saturated rings. The number of amides is 1. The summed E-state index contributed by atoms with van der Waals surface area (Å²) in [5, 5.41) is 6.70. The van der Waals surface area contributed by atoms with E-state index in [-0.39, 0.29) is 16.7 Å². The third-order valence-electron chi connectivity index (χ3n) is 3.24. The molecule has 0 spiro atoms. The summed E-state index contributed by atoms with van der Waals surface area (Å²) >= 11 is 1.59. The molecule has 2 N–H and O–H groups in total. The van der Waals surface area contributed by atoms with Gasteiger partial charge >= 0.3 is 0 Å². The first-order chi connectivity index (χ1) is 10.9. The molecular formula is C16H20N2O3S2. The molecule has 1 amide bonds. The van der Waals surface area contributed by atoms with Crippen LogP contribution in [0.1, 0.15) is 19.4 Å². The van der Waals surface area contributed by atoms with E-state index in [9.17, 15) is 13.2 Å². The highest BCUT2D eigenvalue weighted by molar-refractivity contribution is 7.89. The Morgan fingerprint density at radius 3 is 2.43 bits per heavy atom. The van der Waals surface area contributed by atoms with Gasteiger partial charge in [0.25, 0.3) is 0 Å². The highest BCUT2D eigenvalue weighted by atomic mass is 32.2. The summed E-state index contributed by atoms with van der Waals surface area (Å²) in [7, 11) is -3.53. The predicted octanol–water partition coefficient (Wildman–Crippen LogP) is 2.86. The lowest BCUT2D eigenvalue weighted by molar-refractivity contribution is -0.118. The van der Waals surface area contributed by atoms with Gasteiger partial charge in [-0.05, 0) is 53.1 Å². The molecule has 2 rings (SSSR count). The average molecular weight is 352 g/mol. The van der Waals surface area contributed by atoms with Gasteiger partial charge in [0.2, 0.25) is 15.9 Å². The Balaban J connectivity index is 1.95. The Labute approximate surface area is 140 Å². The number of benzene rings is 1. The summed E-state index contributed by atoms with van der Waals surface area (Å²) in [5.41, 5.74) is 1.70. The van der Waals surface area contributed by atoms with Crippen molar-refractivity contribution in [1.29, 1.82) is 0 Å². The van der Waals surface area contributed by atoms with E-state index in [1.54, 1.807) is 37.3 Å². The van der Waals surface area contributed by atoms with Crippen LogP contribution in [0, 0.1) is 5.92 Å². The zero-order valence-corrected chi connectivity index (χ0v) is 14.7. The Morgan fingerprint density at radius 2 is 1.87 bits per heavy atom. The maximum atomic E-state index is 12.2. The van der Waals surface area contributed by atoms with E-state index in [0.717, 1.165) is 5.56 Å². The van der Waals surface area contributed by atoms with Gasteiger partial charge in [-0.1, -0.05) is 13.8 Å². The summed E-state index contributed by atoms with van der Waals surface area (Å²) in [6.07, 6.45) is 0.658. The number of sulfonamides is 1. The first-order valence-corrected chi connectivity index (χ1v) is 9.73. The van der Waals surface area contributed by atoms with Crippen LogP contribution in [0.2, 0.25) is 0 Å². The third-order valence-corrected chi connectivity index (χ3v) is 5.45. The second-order valence-electron chi connectivity index (χ2n) is 5.45. The Hall–Kier alpha value is -1.70. The molecule has 2 aromatic rings. The maximum Gasteiger partial charge on any atom is 0.240 e. The Bertz CT molecular complexity index is 736. The van der Waals surface area contributed by atoms with Crippen molar-refractivity contribution >= 4 is 33.0 Å². The molecule has 23 heavy (non-hydrogen) atoms. The van der Waals surface area contributed by atoms with Gasteiger partial charge in [0, 0.05) is 18.2 Å². The van der Waals surface area contributed by atoms with Gasteiger partial charge in [0.1, 0.15) is 0 Å². The van der Waals surface area contributed by atoms with E-state index >= 15 is 0 Å². The highest BCUT2D eigenvalue weighted by Gasteiger charge is 2.14. The van der Waals surface area contributed by atoms with Gasteiger partial charge in [-0.15, -0.1) is 0 Å². The summed E-state index contributed by atoms with van der Waals surface area (Å²) in [6.45, 7) is 3.95. The average Bonchev–Trinajstić information content (AvgIpc) is 3.01. The fraction of sp³-hybridized carbons (Fsp3) is 0.312. The molecule has 1 heterocycles. The van der Waals surface area contributed by atoms with Gasteiger partial charge in [0.05, 0.1) is 4.90 Å². The van der Waals surface area contributed by atoms with Crippen molar-refractivity contribution in [2.45, 2.75) is 25.2 Å². The van der Waals surface area contributed by atoms with Crippen molar-refractivity contribution in [3.05, 3.63) is 46.7 Å². The molecule has 5 nitrogen and oxygen atoms in total. The van der Waals surface area contributed by atoms with Crippen LogP contribution in [0.25, 0.3) is 0 Å². The molecule has 0 aliphatic heterocycles. The molecular weight excluding hydrogens is 332 g/mol. The summed E-state index contributed by atoms with van der Waals surface area (Å²) in [4.78, 5) is 11.8. The first kappa shape index (κ1) is 17.7. The number of anilines is 1. The molecule has 1 aromatic heterocycles. The Morgan fingerprint density at radius 1 is 1.17 bits per heavy atom. The fourth-order valence-electron chi connectivity index (χ4n) is 1.85. The molecule has 7 heteroatoms. The number of rotatable bonds is 7. The molecule has 0 aliphatic rings. The summed E-state index contributed by atoms with van der Waals surface area (Å²) in [5.74, 6) is -0.230. The van der Waals surface area contributed by atoms with Gasteiger partial charge in [-0.25, -0.2) is 13.1 Å². The van der Waals surface area contributed by atoms with Crippen LogP contribution in [-0.4, -0.2) is 20.9 Å². The van der Waals surface area contributed by atoms with Crippen molar-refractivity contribution < 1.29 is 13.2 Å². The van der Waals surface area contributed by atoms with E-state index in [0.29, 0.717) is 18.7 Å². The minimum absolute atomic E-state index is 0.102. The number of carbonyl (C=O) groups excluding carboxylic acids is 1. The highest BCUT2D eigenvalue weighted by Crippen LogP contribution is 2.15. The smallest absolute Gasteiger partial charge is 0.240 e. The monoisotopic (exact) mass is 352 g/mol. The van der Waals surface area contributed by atoms with Crippen LogP contribution < -0.4 is 10.0 Å². The van der Waals surface area contributed by atoms with Crippen LogP contribution in [0.4, 0.5) is 5.69 Å². The van der Waals surface area contributed by atoms with Crippen LogP contribution in [0.15, 0.2) is 46.0 Å². The minimum atomic E-state index is -3.53. The largest absolute Gasteiger partial charge is 0.326 e. The zero-order chi connectivity index (χ0) is 16.9. The molecule has 124 valence electrons. The van der Waals surface area contributed by atoms with Crippen molar-refractivity contribution in [2.75, 3.05) is 11.9 Å². The van der Waals surface area contributed by atoms with Crippen molar-refractivity contribution in [3.8, 4) is 0 Å². The number of thiophene rings is 1. The lowest BCUT2D eigenvalue weighted by atomic mass is 10.2. The van der Waals surface area contributed by atoms with Crippen LogP contribution >= 0.6 is 11.3 Å². The normalized spacial score (nSPS) is 11.6. The topological polar surface area (TPSA) is 75.3 Å². The van der Waals surface area contributed by atoms with E-state index in [1.165, 1.54) is 12.1 Å². The van der Waals surface area contributed by atoms with Crippen LogP contribution in [-0.2, 0) is 21.2 Å². The molecule has 0 bridgehead atoms. The van der Waals surface area contributed by atoms with Gasteiger partial charge in [-0.3, -0.25) is 4.79 Å². The first-order valence-electron chi connectivity index (χ1n) is 7.30. The van der Waals surface area contributed by atoms with E-state index < -0.39 is 10.0 Å². The van der Waals surface area contributed by atoms with E-state index in [4.69, 9.17) is 0 Å². The van der Waals surface area contributed by atoms with Crippen LogP contribution in [0.5, 0.6) is 0 Å². The number of nitrogens with one attached hydrogen (secondary N) is 2. The molecule has 0 atom stereocenters.